The zero-order valence-corrected chi connectivity index (χ0v) is 18.5. The smallest absolute Gasteiger partial charge is 0.168 e. The van der Waals surface area contributed by atoms with Gasteiger partial charge >= 0.3 is 0 Å². The van der Waals surface area contributed by atoms with Crippen molar-refractivity contribution in [2.24, 2.45) is 5.92 Å². The Hall–Kier alpha value is -2.60. The van der Waals surface area contributed by atoms with Crippen LogP contribution < -0.4 is 5.73 Å². The molecule has 4 heterocycles. The van der Waals surface area contributed by atoms with Crippen LogP contribution in [0.25, 0.3) is 22.6 Å². The van der Waals surface area contributed by atoms with Gasteiger partial charge in [-0.1, -0.05) is 32.1 Å². The topological polar surface area (TPSA) is 157 Å². The number of aliphatic hydroxyl groups excluding tert-OH is 3. The maximum Gasteiger partial charge on any atom is 0.168 e. The van der Waals surface area contributed by atoms with Gasteiger partial charge in [-0.3, -0.25) is 9.25 Å². The largest absolute Gasteiger partial charge is 0.394 e. The maximum absolute atomic E-state index is 10.4. The molecule has 11 heteroatoms. The van der Waals surface area contributed by atoms with E-state index < -0.39 is 31.1 Å². The minimum absolute atomic E-state index is 0.200. The lowest BCUT2D eigenvalue weighted by Gasteiger charge is -2.21. The molecule has 1 unspecified atom stereocenters. The summed E-state index contributed by atoms with van der Waals surface area (Å²) < 4.78 is 9.04. The summed E-state index contributed by atoms with van der Waals surface area (Å²) >= 11 is 0. The third-order valence-corrected chi connectivity index (χ3v) is 6.86. The zero-order valence-electron chi connectivity index (χ0n) is 18.5. The molecule has 5 N–H and O–H groups in total. The molecule has 3 aromatic rings. The molecule has 2 aliphatic rings. The van der Waals surface area contributed by atoms with Crippen LogP contribution in [0.2, 0.25) is 0 Å². The molecule has 1 saturated heterocycles. The van der Waals surface area contributed by atoms with E-state index in [4.69, 9.17) is 10.5 Å². The number of hydrogen-bond acceptors (Lipinski definition) is 9. The molecule has 0 radical (unpaired) electrons. The Morgan fingerprint density at radius 3 is 2.70 bits per heavy atom. The van der Waals surface area contributed by atoms with Crippen LogP contribution in [0.3, 0.4) is 0 Å². The Morgan fingerprint density at radius 1 is 1.12 bits per heavy atom. The average Bonchev–Trinajstić information content (AvgIpc) is 3.53. The molecule has 0 bridgehead atoms. The van der Waals surface area contributed by atoms with Crippen LogP contribution in [-0.4, -0.2) is 69.5 Å². The monoisotopic (exact) mass is 457 g/mol. The number of ether oxygens (including phenoxy) is 1. The molecule has 0 aromatic carbocycles. The van der Waals surface area contributed by atoms with Crippen molar-refractivity contribution in [3.8, 4) is 11.4 Å². The highest BCUT2D eigenvalue weighted by Gasteiger charge is 2.44. The summed E-state index contributed by atoms with van der Waals surface area (Å²) in [5.41, 5.74) is 7.62. The lowest BCUT2D eigenvalue weighted by molar-refractivity contribution is -0.0511. The lowest BCUT2D eigenvalue weighted by Crippen LogP contribution is -2.33. The van der Waals surface area contributed by atoms with Crippen LogP contribution in [0.5, 0.6) is 0 Å². The first-order valence-corrected chi connectivity index (χ1v) is 11.7. The number of nitrogens with zero attached hydrogens (tertiary/aromatic N) is 6. The van der Waals surface area contributed by atoms with Gasteiger partial charge in [0.25, 0.3) is 0 Å². The number of aliphatic hydroxyl groups is 3. The Bertz CT molecular complexity index is 1090. The van der Waals surface area contributed by atoms with Crippen LogP contribution in [0.1, 0.15) is 51.2 Å². The Kier molecular flexibility index (Phi) is 6.28. The summed E-state index contributed by atoms with van der Waals surface area (Å²) in [7, 11) is 0. The van der Waals surface area contributed by atoms with Crippen molar-refractivity contribution in [1.82, 2.24) is 29.3 Å². The fourth-order valence-corrected chi connectivity index (χ4v) is 4.98. The summed E-state index contributed by atoms with van der Waals surface area (Å²) in [5, 5.41) is 34.4. The van der Waals surface area contributed by atoms with E-state index in [2.05, 4.69) is 20.1 Å². The predicted molar refractivity (Wildman–Crippen MR) is 120 cm³/mol. The number of hydrogen-bond donors (Lipinski definition) is 4. The fraction of sp³-hybridized carbons (Fsp3) is 0.636. The summed E-state index contributed by atoms with van der Waals surface area (Å²) in [6.07, 6.45) is 9.86. The van der Waals surface area contributed by atoms with E-state index in [1.54, 1.807) is 6.20 Å². The highest BCUT2D eigenvalue weighted by atomic mass is 16.6. The summed E-state index contributed by atoms with van der Waals surface area (Å²) in [6.45, 7) is 0.429. The molecule has 0 spiro atoms. The van der Waals surface area contributed by atoms with Gasteiger partial charge in [0, 0.05) is 12.7 Å². The quantitative estimate of drug-likeness (QED) is 0.410. The van der Waals surface area contributed by atoms with E-state index in [1.807, 2.05) is 10.9 Å². The number of aromatic nitrogens is 6. The van der Waals surface area contributed by atoms with Crippen molar-refractivity contribution in [2.75, 3.05) is 12.3 Å². The molecule has 1 aliphatic carbocycles. The minimum atomic E-state index is -1.24. The third kappa shape index (κ3) is 4.33. The van der Waals surface area contributed by atoms with Crippen molar-refractivity contribution in [3.05, 3.63) is 18.7 Å². The lowest BCUT2D eigenvalue weighted by atomic mass is 9.86. The van der Waals surface area contributed by atoms with Crippen molar-refractivity contribution in [3.63, 3.8) is 0 Å². The first kappa shape index (κ1) is 22.2. The molecule has 4 atom stereocenters. The molecule has 11 nitrogen and oxygen atoms in total. The van der Waals surface area contributed by atoms with Gasteiger partial charge in [-0.05, 0) is 18.8 Å². The van der Waals surface area contributed by atoms with Crippen LogP contribution in [0, 0.1) is 5.92 Å². The van der Waals surface area contributed by atoms with E-state index in [1.165, 1.54) is 49.4 Å². The Balaban J connectivity index is 1.34. The SMILES string of the molecule is Nc1nc(-c2cnn(CCCC3CCCCC3)c2)nc2c1ncn2C1O[C@H](CO)[C@@H](O)[C@H]1O. The number of anilines is 1. The van der Waals surface area contributed by atoms with Crippen LogP contribution in [0.4, 0.5) is 5.82 Å². The van der Waals surface area contributed by atoms with Gasteiger partial charge in [-0.25, -0.2) is 15.0 Å². The fourth-order valence-electron chi connectivity index (χ4n) is 4.98. The first-order chi connectivity index (χ1) is 16.0. The molecule has 5 rings (SSSR count). The number of nitrogens with two attached hydrogens (primary N) is 1. The van der Waals surface area contributed by atoms with Crippen molar-refractivity contribution >= 4 is 17.0 Å². The summed E-state index contributed by atoms with van der Waals surface area (Å²) in [5.74, 6) is 1.44. The molecular weight excluding hydrogens is 426 g/mol. The number of nitrogen functional groups attached to an aromatic ring is 1. The second kappa shape index (κ2) is 9.34. The van der Waals surface area contributed by atoms with Crippen molar-refractivity contribution in [2.45, 2.75) is 76.0 Å². The highest BCUT2D eigenvalue weighted by Crippen LogP contribution is 2.33. The molecular formula is C22H31N7O4. The van der Waals surface area contributed by atoms with Gasteiger partial charge in [0.1, 0.15) is 23.8 Å². The number of fused-ring (bicyclic) bond motifs is 1. The van der Waals surface area contributed by atoms with Crippen LogP contribution in [0.15, 0.2) is 18.7 Å². The van der Waals surface area contributed by atoms with Crippen molar-refractivity contribution in [1.29, 1.82) is 0 Å². The van der Waals surface area contributed by atoms with Gasteiger partial charge in [0.15, 0.2) is 23.5 Å². The molecule has 3 aromatic heterocycles. The molecule has 33 heavy (non-hydrogen) atoms. The van der Waals surface area contributed by atoms with Gasteiger partial charge < -0.3 is 25.8 Å². The van der Waals surface area contributed by atoms with Gasteiger partial charge in [-0.15, -0.1) is 0 Å². The summed E-state index contributed by atoms with van der Waals surface area (Å²) in [4.78, 5) is 13.3. The van der Waals surface area contributed by atoms with Gasteiger partial charge in [0.05, 0.1) is 24.7 Å². The first-order valence-electron chi connectivity index (χ1n) is 11.7. The molecule has 0 amide bonds. The Labute approximate surface area is 191 Å². The zero-order chi connectivity index (χ0) is 22.9. The van der Waals surface area contributed by atoms with Gasteiger partial charge in [0.2, 0.25) is 0 Å². The third-order valence-electron chi connectivity index (χ3n) is 6.86. The van der Waals surface area contributed by atoms with Gasteiger partial charge in [-0.2, -0.15) is 5.10 Å². The van der Waals surface area contributed by atoms with E-state index in [9.17, 15) is 15.3 Å². The second-order valence-corrected chi connectivity index (χ2v) is 9.12. The molecule has 178 valence electrons. The van der Waals surface area contributed by atoms with E-state index >= 15 is 0 Å². The maximum atomic E-state index is 10.4. The number of imidazole rings is 1. The molecule has 2 fully saturated rings. The van der Waals surface area contributed by atoms with Crippen LogP contribution in [-0.2, 0) is 11.3 Å². The second-order valence-electron chi connectivity index (χ2n) is 9.12. The number of rotatable bonds is 7. The molecule has 1 saturated carbocycles. The van der Waals surface area contributed by atoms with Crippen molar-refractivity contribution < 1.29 is 20.1 Å². The standard InChI is InChI=1S/C22H31N7O4/c23-19-16-21(29(12-24-16)22-18(32)17(31)15(11-30)33-22)27-20(26-19)14-9-25-28(10-14)8-4-7-13-5-2-1-3-6-13/h9-10,12-13,15,17-18,22,30-32H,1-8,11H2,(H2,23,26,27)/t15-,17-,18-,22?/m1/s1. The normalized spacial score (nSPS) is 26.4. The highest BCUT2D eigenvalue weighted by molar-refractivity contribution is 5.83. The van der Waals surface area contributed by atoms with E-state index in [0.717, 1.165) is 24.4 Å². The Morgan fingerprint density at radius 2 is 1.94 bits per heavy atom. The summed E-state index contributed by atoms with van der Waals surface area (Å²) in [6, 6.07) is 0. The predicted octanol–water partition coefficient (Wildman–Crippen LogP) is 1.24. The molecule has 1 aliphatic heterocycles. The minimum Gasteiger partial charge on any atom is -0.394 e. The average molecular weight is 458 g/mol. The van der Waals surface area contributed by atoms with E-state index in [-0.39, 0.29) is 5.82 Å². The van der Waals surface area contributed by atoms with E-state index in [0.29, 0.717) is 17.0 Å². The van der Waals surface area contributed by atoms with Crippen LogP contribution >= 0.6 is 0 Å². The number of aryl methyl sites for hydroxylation is 1.